The second-order valence-corrected chi connectivity index (χ2v) is 7.56. The number of amides is 1. The number of aliphatic hydroxyl groups excluding tert-OH is 1. The van der Waals surface area contributed by atoms with Gasteiger partial charge in [0.05, 0.1) is 23.3 Å². The number of benzene rings is 2. The number of carbonyl (C=O) groups excluding carboxylic acids is 2. The summed E-state index contributed by atoms with van der Waals surface area (Å²) in [7, 11) is -2.79. The van der Waals surface area contributed by atoms with Gasteiger partial charge in [0.15, 0.2) is 0 Å². The largest absolute Gasteiger partial charge is 0.465 e. The van der Waals surface area contributed by atoms with E-state index in [1.165, 1.54) is 43.5 Å². The smallest absolute Gasteiger partial charge is 0.339 e. The van der Waals surface area contributed by atoms with Crippen LogP contribution < -0.4 is 10.0 Å². The molecule has 0 saturated heterocycles. The summed E-state index contributed by atoms with van der Waals surface area (Å²) < 4.78 is 32.5. The minimum Gasteiger partial charge on any atom is -0.465 e. The Morgan fingerprint density at radius 2 is 1.85 bits per heavy atom. The van der Waals surface area contributed by atoms with Crippen molar-refractivity contribution in [3.63, 3.8) is 0 Å². The lowest BCUT2D eigenvalue weighted by Crippen LogP contribution is -2.16. The maximum absolute atomic E-state index is 12.6. The molecule has 0 bridgehead atoms. The van der Waals surface area contributed by atoms with E-state index < -0.39 is 28.5 Å². The molecule has 0 aromatic heterocycles. The lowest BCUT2D eigenvalue weighted by atomic mass is 10.2. The first-order valence-corrected chi connectivity index (χ1v) is 9.46. The molecule has 0 heterocycles. The summed E-state index contributed by atoms with van der Waals surface area (Å²) in [5, 5.41) is 11.2. The number of ether oxygens (including phenoxy) is 1. The van der Waals surface area contributed by atoms with Crippen LogP contribution in [0.5, 0.6) is 0 Å². The second kappa shape index (κ2) is 8.30. The summed E-state index contributed by atoms with van der Waals surface area (Å²) in [6.45, 7) is -0.689. The third-order valence-electron chi connectivity index (χ3n) is 3.20. The molecule has 0 aliphatic carbocycles. The van der Waals surface area contributed by atoms with Crippen LogP contribution in [0.25, 0.3) is 0 Å². The van der Waals surface area contributed by atoms with Crippen molar-refractivity contribution in [1.82, 2.24) is 0 Å². The average Bonchev–Trinajstić information content (AvgIpc) is 2.61. The van der Waals surface area contributed by atoms with Crippen LogP contribution in [0.2, 0.25) is 0 Å². The number of sulfonamides is 1. The van der Waals surface area contributed by atoms with Crippen molar-refractivity contribution in [2.75, 3.05) is 23.8 Å². The van der Waals surface area contributed by atoms with Gasteiger partial charge in [0.25, 0.3) is 10.0 Å². The van der Waals surface area contributed by atoms with Gasteiger partial charge < -0.3 is 15.2 Å². The molecule has 0 atom stereocenters. The molecule has 0 spiro atoms. The number of hydrogen-bond acceptors (Lipinski definition) is 6. The van der Waals surface area contributed by atoms with Crippen LogP contribution in [0.3, 0.4) is 0 Å². The molecule has 0 fully saturated rings. The Morgan fingerprint density at radius 3 is 2.50 bits per heavy atom. The minimum atomic E-state index is -3.99. The molecule has 0 aliphatic heterocycles. The Balaban J connectivity index is 2.30. The van der Waals surface area contributed by atoms with E-state index in [-0.39, 0.29) is 16.1 Å². The predicted octanol–water partition coefficient (Wildman–Crippen LogP) is 1.97. The average molecular weight is 443 g/mol. The van der Waals surface area contributed by atoms with Crippen molar-refractivity contribution in [3.8, 4) is 0 Å². The van der Waals surface area contributed by atoms with E-state index in [2.05, 4.69) is 30.7 Å². The number of carbonyl (C=O) groups is 2. The Kier molecular flexibility index (Phi) is 6.35. The monoisotopic (exact) mass is 442 g/mol. The predicted molar refractivity (Wildman–Crippen MR) is 98.4 cm³/mol. The van der Waals surface area contributed by atoms with E-state index in [9.17, 15) is 18.0 Å². The number of anilines is 2. The molecule has 0 aliphatic rings. The molecule has 2 aromatic carbocycles. The third-order valence-corrected chi connectivity index (χ3v) is 5.27. The Labute approximate surface area is 158 Å². The fourth-order valence-corrected chi connectivity index (χ4v) is 3.50. The maximum atomic E-state index is 12.6. The van der Waals surface area contributed by atoms with E-state index in [1.54, 1.807) is 6.07 Å². The summed E-state index contributed by atoms with van der Waals surface area (Å²) in [5.74, 6) is -1.30. The molecule has 10 heteroatoms. The lowest BCUT2D eigenvalue weighted by molar-refractivity contribution is -0.118. The highest BCUT2D eigenvalue weighted by molar-refractivity contribution is 9.10. The van der Waals surface area contributed by atoms with E-state index >= 15 is 0 Å². The van der Waals surface area contributed by atoms with E-state index in [1.807, 2.05) is 0 Å². The first kappa shape index (κ1) is 19.9. The molecule has 0 unspecified atom stereocenters. The van der Waals surface area contributed by atoms with Gasteiger partial charge in [0.1, 0.15) is 6.61 Å². The van der Waals surface area contributed by atoms with Crippen LogP contribution in [-0.2, 0) is 19.6 Å². The van der Waals surface area contributed by atoms with Gasteiger partial charge >= 0.3 is 5.97 Å². The molecule has 0 radical (unpaired) electrons. The molecule has 26 heavy (non-hydrogen) atoms. The van der Waals surface area contributed by atoms with E-state index in [0.29, 0.717) is 10.2 Å². The standard InChI is InChI=1S/C16H15BrN2O6S/c1-25-16(22)13-8-12(5-6-14(13)17)26(23,24)19-11-4-2-3-10(7-11)18-15(21)9-20/h2-8,19-20H,9H2,1H3,(H,18,21). The van der Waals surface area contributed by atoms with Gasteiger partial charge in [0, 0.05) is 10.2 Å². The van der Waals surface area contributed by atoms with Gasteiger partial charge in [-0.25, -0.2) is 13.2 Å². The van der Waals surface area contributed by atoms with Crippen molar-refractivity contribution in [2.45, 2.75) is 4.90 Å². The zero-order chi connectivity index (χ0) is 19.3. The van der Waals surface area contributed by atoms with E-state index in [0.717, 1.165) is 0 Å². The zero-order valence-electron chi connectivity index (χ0n) is 13.5. The summed E-state index contributed by atoms with van der Waals surface area (Å²) in [5.41, 5.74) is 0.581. The molecule has 2 aromatic rings. The second-order valence-electron chi connectivity index (χ2n) is 5.03. The van der Waals surface area contributed by atoms with Gasteiger partial charge in [-0.1, -0.05) is 6.07 Å². The van der Waals surface area contributed by atoms with Crippen molar-refractivity contribution in [1.29, 1.82) is 0 Å². The summed E-state index contributed by atoms with van der Waals surface area (Å²) in [6.07, 6.45) is 0. The molecule has 138 valence electrons. The van der Waals surface area contributed by atoms with Gasteiger partial charge in [-0.3, -0.25) is 9.52 Å². The van der Waals surface area contributed by atoms with Gasteiger partial charge in [-0.15, -0.1) is 0 Å². The fraction of sp³-hybridized carbons (Fsp3) is 0.125. The van der Waals surface area contributed by atoms with Gasteiger partial charge in [0.2, 0.25) is 5.91 Å². The van der Waals surface area contributed by atoms with Crippen LogP contribution in [0.1, 0.15) is 10.4 Å². The maximum Gasteiger partial charge on any atom is 0.339 e. The summed E-state index contributed by atoms with van der Waals surface area (Å²) >= 11 is 3.17. The molecular weight excluding hydrogens is 428 g/mol. The first-order valence-electron chi connectivity index (χ1n) is 7.18. The van der Waals surface area contributed by atoms with Crippen LogP contribution in [0.4, 0.5) is 11.4 Å². The molecule has 8 nitrogen and oxygen atoms in total. The topological polar surface area (TPSA) is 122 Å². The van der Waals surface area contributed by atoms with Crippen LogP contribution >= 0.6 is 15.9 Å². The van der Waals surface area contributed by atoms with Gasteiger partial charge in [-0.05, 0) is 52.3 Å². The number of esters is 1. The van der Waals surface area contributed by atoms with E-state index in [4.69, 9.17) is 5.11 Å². The Bertz CT molecular complexity index is 946. The minimum absolute atomic E-state index is 0.0688. The lowest BCUT2D eigenvalue weighted by Gasteiger charge is -2.11. The molecule has 2 rings (SSSR count). The van der Waals surface area contributed by atoms with Crippen molar-refractivity contribution in [3.05, 3.63) is 52.5 Å². The Morgan fingerprint density at radius 1 is 1.15 bits per heavy atom. The van der Waals surface area contributed by atoms with Crippen LogP contribution in [0, 0.1) is 0 Å². The molecular formula is C16H15BrN2O6S. The SMILES string of the molecule is COC(=O)c1cc(S(=O)(=O)Nc2cccc(NC(=O)CO)c2)ccc1Br. The quantitative estimate of drug-likeness (QED) is 0.587. The highest BCUT2D eigenvalue weighted by Gasteiger charge is 2.19. The third kappa shape index (κ3) is 4.81. The highest BCUT2D eigenvalue weighted by Crippen LogP contribution is 2.24. The van der Waals surface area contributed by atoms with Crippen molar-refractivity contribution >= 4 is 49.2 Å². The van der Waals surface area contributed by atoms with Gasteiger partial charge in [-0.2, -0.15) is 0 Å². The van der Waals surface area contributed by atoms with Crippen molar-refractivity contribution in [2.24, 2.45) is 0 Å². The molecule has 0 saturated carbocycles. The number of nitrogens with one attached hydrogen (secondary N) is 2. The molecule has 3 N–H and O–H groups in total. The van der Waals surface area contributed by atoms with Crippen LogP contribution in [0.15, 0.2) is 51.8 Å². The summed E-state index contributed by atoms with van der Waals surface area (Å²) in [6, 6.07) is 9.91. The number of hydrogen-bond donors (Lipinski definition) is 3. The molecule has 1 amide bonds. The number of methoxy groups -OCH3 is 1. The number of aliphatic hydroxyl groups is 1. The normalized spacial score (nSPS) is 10.9. The zero-order valence-corrected chi connectivity index (χ0v) is 15.9. The first-order chi connectivity index (χ1) is 12.3. The fourth-order valence-electron chi connectivity index (χ4n) is 2.01. The number of halogens is 1. The van der Waals surface area contributed by atoms with Crippen LogP contribution in [-0.4, -0.2) is 39.1 Å². The Hall–Kier alpha value is -2.43. The van der Waals surface area contributed by atoms with Crippen molar-refractivity contribution < 1.29 is 27.9 Å². The highest BCUT2D eigenvalue weighted by atomic mass is 79.9. The summed E-state index contributed by atoms with van der Waals surface area (Å²) in [4.78, 5) is 22.8. The number of rotatable bonds is 6.